The Labute approximate surface area is 166 Å². The van der Waals surface area contributed by atoms with Gasteiger partial charge in [0.15, 0.2) is 6.61 Å². The van der Waals surface area contributed by atoms with Crippen LogP contribution in [0.4, 0.5) is 0 Å². The fourth-order valence-electron chi connectivity index (χ4n) is 3.41. The van der Waals surface area contributed by atoms with E-state index in [-0.39, 0.29) is 29.7 Å². The predicted molar refractivity (Wildman–Crippen MR) is 107 cm³/mol. The van der Waals surface area contributed by atoms with E-state index in [1.54, 1.807) is 28.4 Å². The third-order valence-electron chi connectivity index (χ3n) is 4.88. The highest BCUT2D eigenvalue weighted by molar-refractivity contribution is 7.18. The summed E-state index contributed by atoms with van der Waals surface area (Å²) in [6.07, 6.45) is 1.88. The van der Waals surface area contributed by atoms with E-state index in [0.717, 1.165) is 28.1 Å². The van der Waals surface area contributed by atoms with Gasteiger partial charge in [-0.25, -0.2) is 9.78 Å². The number of para-hydroxylation sites is 2. The fraction of sp³-hybridized carbons (Fsp3) is 0.286. The number of carbonyl (C=O) groups is 2. The lowest BCUT2D eigenvalue weighted by molar-refractivity contribution is -0.135. The molecule has 6 nitrogen and oxygen atoms in total. The van der Waals surface area contributed by atoms with Gasteiger partial charge in [0.2, 0.25) is 0 Å². The number of nitrogens with zero attached hydrogens (tertiary/aromatic N) is 2. The van der Waals surface area contributed by atoms with Crippen LogP contribution >= 0.6 is 11.3 Å². The first-order valence-electron chi connectivity index (χ1n) is 9.20. The number of piperidine rings is 1. The van der Waals surface area contributed by atoms with Gasteiger partial charge in [0.25, 0.3) is 5.91 Å². The van der Waals surface area contributed by atoms with Crippen molar-refractivity contribution in [2.75, 3.05) is 19.7 Å². The van der Waals surface area contributed by atoms with Gasteiger partial charge in [0.1, 0.15) is 11.3 Å². The van der Waals surface area contributed by atoms with Crippen LogP contribution in [0, 0.1) is 0 Å². The summed E-state index contributed by atoms with van der Waals surface area (Å²) in [6.45, 7) is 0.890. The molecular weight excluding hydrogens is 376 g/mol. The van der Waals surface area contributed by atoms with Gasteiger partial charge >= 0.3 is 5.97 Å². The van der Waals surface area contributed by atoms with Gasteiger partial charge in [-0.05, 0) is 37.1 Å². The number of hydrogen-bond donors (Lipinski definition) is 1. The highest BCUT2D eigenvalue weighted by Crippen LogP contribution is 2.33. The van der Waals surface area contributed by atoms with E-state index in [0.29, 0.717) is 13.1 Å². The highest BCUT2D eigenvalue weighted by Gasteiger charge is 2.27. The Morgan fingerprint density at radius 2 is 1.96 bits per heavy atom. The number of esters is 1. The van der Waals surface area contributed by atoms with Crippen LogP contribution < -0.4 is 0 Å². The molecule has 144 valence electrons. The van der Waals surface area contributed by atoms with Crippen molar-refractivity contribution in [3.8, 4) is 5.75 Å². The molecule has 1 atom stereocenters. The van der Waals surface area contributed by atoms with E-state index in [9.17, 15) is 14.7 Å². The van der Waals surface area contributed by atoms with E-state index in [4.69, 9.17) is 9.72 Å². The molecule has 7 heteroatoms. The summed E-state index contributed by atoms with van der Waals surface area (Å²) in [6, 6.07) is 14.2. The number of ether oxygens (including phenoxy) is 1. The summed E-state index contributed by atoms with van der Waals surface area (Å²) >= 11 is 1.67. The minimum Gasteiger partial charge on any atom is -0.507 e. The van der Waals surface area contributed by atoms with Crippen LogP contribution in [0.3, 0.4) is 0 Å². The Kier molecular flexibility index (Phi) is 5.25. The number of aromatic nitrogens is 1. The van der Waals surface area contributed by atoms with Crippen molar-refractivity contribution >= 4 is 33.4 Å². The van der Waals surface area contributed by atoms with E-state index in [1.165, 1.54) is 12.1 Å². The van der Waals surface area contributed by atoms with Crippen LogP contribution in [0.15, 0.2) is 48.5 Å². The minimum absolute atomic E-state index is 0.0568. The largest absolute Gasteiger partial charge is 0.507 e. The number of phenols is 1. The Morgan fingerprint density at radius 3 is 2.79 bits per heavy atom. The number of thiazole rings is 1. The second-order valence-corrected chi connectivity index (χ2v) is 7.85. The normalized spacial score (nSPS) is 16.9. The van der Waals surface area contributed by atoms with Gasteiger partial charge in [-0.1, -0.05) is 24.3 Å². The molecule has 1 amide bonds. The zero-order valence-corrected chi connectivity index (χ0v) is 16.0. The number of rotatable bonds is 4. The number of aromatic hydroxyl groups is 1. The number of fused-ring (bicyclic) bond motifs is 1. The molecule has 0 saturated carbocycles. The van der Waals surface area contributed by atoms with Crippen LogP contribution in [0.2, 0.25) is 0 Å². The number of amides is 1. The first kappa shape index (κ1) is 18.4. The van der Waals surface area contributed by atoms with Crippen molar-refractivity contribution in [3.63, 3.8) is 0 Å². The summed E-state index contributed by atoms with van der Waals surface area (Å²) in [7, 11) is 0. The lowest BCUT2D eigenvalue weighted by Gasteiger charge is -2.31. The molecule has 4 rings (SSSR count). The van der Waals surface area contributed by atoms with E-state index in [1.807, 2.05) is 18.2 Å². The Bertz CT molecular complexity index is 983. The van der Waals surface area contributed by atoms with E-state index < -0.39 is 5.97 Å². The van der Waals surface area contributed by atoms with Crippen LogP contribution in [0.25, 0.3) is 10.2 Å². The third kappa shape index (κ3) is 3.84. The maximum atomic E-state index is 12.5. The minimum atomic E-state index is -0.703. The zero-order chi connectivity index (χ0) is 19.5. The molecular formula is C21H20N2O4S. The van der Waals surface area contributed by atoms with Gasteiger partial charge in [-0.15, -0.1) is 11.3 Å². The standard InChI is InChI=1S/C21H20N2O4S/c24-17-9-3-1-7-15(17)21(26)27-13-19(25)23-11-5-6-14(12-23)20-22-16-8-2-4-10-18(16)28-20/h1-4,7-10,14,24H,5-6,11-13H2/t14-/m1/s1. The van der Waals surface area contributed by atoms with Crippen molar-refractivity contribution in [2.24, 2.45) is 0 Å². The zero-order valence-electron chi connectivity index (χ0n) is 15.2. The summed E-state index contributed by atoms with van der Waals surface area (Å²) in [4.78, 5) is 31.1. The van der Waals surface area contributed by atoms with E-state index in [2.05, 4.69) is 6.07 Å². The predicted octanol–water partition coefficient (Wildman–Crippen LogP) is 3.56. The van der Waals surface area contributed by atoms with Crippen molar-refractivity contribution in [2.45, 2.75) is 18.8 Å². The molecule has 0 aliphatic carbocycles. The number of phenolic OH excluding ortho intramolecular Hbond substituents is 1. The first-order valence-corrected chi connectivity index (χ1v) is 10.0. The van der Waals surface area contributed by atoms with Crippen LogP contribution in [0.1, 0.15) is 34.1 Å². The molecule has 0 spiro atoms. The maximum Gasteiger partial charge on any atom is 0.342 e. The second-order valence-electron chi connectivity index (χ2n) is 6.79. The smallest absolute Gasteiger partial charge is 0.342 e. The Balaban J connectivity index is 1.38. The molecule has 1 aliphatic rings. The molecule has 1 aromatic heterocycles. The summed E-state index contributed by atoms with van der Waals surface area (Å²) in [5.41, 5.74) is 1.05. The molecule has 0 bridgehead atoms. The SMILES string of the molecule is O=C(OCC(=O)N1CCC[C@@H](c2nc3ccccc3s2)C1)c1ccccc1O. The van der Waals surface area contributed by atoms with E-state index >= 15 is 0 Å². The number of hydrogen-bond acceptors (Lipinski definition) is 6. The summed E-state index contributed by atoms with van der Waals surface area (Å²) in [5.74, 6) is -0.890. The molecule has 1 saturated heterocycles. The fourth-order valence-corrected chi connectivity index (χ4v) is 4.51. The molecule has 0 radical (unpaired) electrons. The quantitative estimate of drug-likeness (QED) is 0.682. The lowest BCUT2D eigenvalue weighted by atomic mass is 9.99. The van der Waals surface area contributed by atoms with Crippen LogP contribution in [-0.4, -0.2) is 46.6 Å². The van der Waals surface area contributed by atoms with Crippen LogP contribution in [-0.2, 0) is 9.53 Å². The highest BCUT2D eigenvalue weighted by atomic mass is 32.1. The Hall–Kier alpha value is -2.93. The number of carbonyl (C=O) groups excluding carboxylic acids is 2. The van der Waals surface area contributed by atoms with Crippen molar-refractivity contribution < 1.29 is 19.4 Å². The van der Waals surface area contributed by atoms with Gasteiger partial charge in [0.05, 0.1) is 15.2 Å². The average molecular weight is 396 g/mol. The maximum absolute atomic E-state index is 12.5. The molecule has 1 fully saturated rings. The van der Waals surface area contributed by atoms with Crippen molar-refractivity contribution in [3.05, 3.63) is 59.1 Å². The topological polar surface area (TPSA) is 79.7 Å². The third-order valence-corrected chi connectivity index (χ3v) is 6.08. The molecule has 3 aromatic rings. The van der Waals surface area contributed by atoms with Crippen molar-refractivity contribution in [1.82, 2.24) is 9.88 Å². The molecule has 0 unspecified atom stereocenters. The molecule has 1 aliphatic heterocycles. The van der Waals surface area contributed by atoms with Gasteiger partial charge in [-0.3, -0.25) is 4.79 Å². The summed E-state index contributed by atoms with van der Waals surface area (Å²) in [5, 5.41) is 10.8. The van der Waals surface area contributed by atoms with Crippen LogP contribution in [0.5, 0.6) is 5.75 Å². The Morgan fingerprint density at radius 1 is 1.18 bits per heavy atom. The lowest BCUT2D eigenvalue weighted by Crippen LogP contribution is -2.41. The molecule has 2 heterocycles. The van der Waals surface area contributed by atoms with Gasteiger partial charge in [0, 0.05) is 19.0 Å². The monoisotopic (exact) mass is 396 g/mol. The number of benzene rings is 2. The first-order chi connectivity index (χ1) is 13.6. The summed E-state index contributed by atoms with van der Waals surface area (Å²) < 4.78 is 6.26. The number of likely N-dealkylation sites (tertiary alicyclic amines) is 1. The van der Waals surface area contributed by atoms with Gasteiger partial charge in [-0.2, -0.15) is 0 Å². The van der Waals surface area contributed by atoms with Crippen molar-refractivity contribution in [1.29, 1.82) is 0 Å². The van der Waals surface area contributed by atoms with Gasteiger partial charge < -0.3 is 14.7 Å². The molecule has 1 N–H and O–H groups in total. The average Bonchev–Trinajstić information content (AvgIpc) is 3.16. The molecule has 2 aromatic carbocycles. The molecule has 28 heavy (non-hydrogen) atoms. The second kappa shape index (κ2) is 7.98.